The second-order valence-electron chi connectivity index (χ2n) is 2.15. The van der Waals surface area contributed by atoms with Gasteiger partial charge in [-0.3, -0.25) is 9.36 Å². The van der Waals surface area contributed by atoms with Gasteiger partial charge in [-0.1, -0.05) is 17.7 Å². The van der Waals surface area contributed by atoms with Crippen LogP contribution < -0.4 is 11.2 Å². The molecule has 1 rings (SSSR count). The molecule has 64 valence electrons. The van der Waals surface area contributed by atoms with Gasteiger partial charge in [0.2, 0.25) is 0 Å². The fourth-order valence-corrected chi connectivity index (χ4v) is 0.937. The monoisotopic (exact) mass is 186 g/mol. The summed E-state index contributed by atoms with van der Waals surface area (Å²) in [6.45, 7) is 3.57. The van der Waals surface area contributed by atoms with E-state index in [9.17, 15) is 9.59 Å². The van der Waals surface area contributed by atoms with Crippen molar-refractivity contribution >= 4 is 11.6 Å². The van der Waals surface area contributed by atoms with Crippen LogP contribution in [0.25, 0.3) is 0 Å². The van der Waals surface area contributed by atoms with Crippen LogP contribution in [0.5, 0.6) is 0 Å². The van der Waals surface area contributed by atoms with Gasteiger partial charge in [-0.25, -0.2) is 4.79 Å². The molecule has 0 aromatic carbocycles. The van der Waals surface area contributed by atoms with Gasteiger partial charge in [-0.05, 0) is 0 Å². The van der Waals surface area contributed by atoms with E-state index in [4.69, 9.17) is 11.6 Å². The average molecular weight is 187 g/mol. The normalized spacial score (nSPS) is 9.75. The number of hydrogen-bond donors (Lipinski definition) is 1. The lowest BCUT2D eigenvalue weighted by Crippen LogP contribution is -2.34. The van der Waals surface area contributed by atoms with Crippen LogP contribution in [-0.2, 0) is 6.54 Å². The summed E-state index contributed by atoms with van der Waals surface area (Å²) in [5, 5.41) is -0.00329. The van der Waals surface area contributed by atoms with Gasteiger partial charge in [0.15, 0.2) is 0 Å². The fraction of sp³-hybridized carbons (Fsp3) is 0.143. The number of rotatable bonds is 2. The minimum Gasteiger partial charge on any atom is -0.312 e. The molecule has 0 saturated carbocycles. The molecule has 0 spiro atoms. The standard InChI is InChI=1S/C7H7ClN2O2/c1-2-3-10-6(11)5(8)4-9-7(10)12/h2,4H,1,3H2,(H,9,12). The van der Waals surface area contributed by atoms with Crippen LogP contribution in [0.2, 0.25) is 5.02 Å². The number of aromatic nitrogens is 2. The van der Waals surface area contributed by atoms with E-state index in [2.05, 4.69) is 11.6 Å². The van der Waals surface area contributed by atoms with Gasteiger partial charge in [0.1, 0.15) is 5.02 Å². The van der Waals surface area contributed by atoms with Gasteiger partial charge >= 0.3 is 5.69 Å². The lowest BCUT2D eigenvalue weighted by Gasteiger charge is -1.98. The number of allylic oxidation sites excluding steroid dienone is 1. The Bertz CT molecular complexity index is 405. The van der Waals surface area contributed by atoms with Crippen molar-refractivity contribution < 1.29 is 0 Å². The molecule has 4 nitrogen and oxygen atoms in total. The van der Waals surface area contributed by atoms with E-state index >= 15 is 0 Å². The van der Waals surface area contributed by atoms with Gasteiger partial charge in [0, 0.05) is 12.7 Å². The molecule has 0 aliphatic heterocycles. The van der Waals surface area contributed by atoms with E-state index in [-0.39, 0.29) is 11.6 Å². The molecule has 1 aromatic heterocycles. The zero-order valence-electron chi connectivity index (χ0n) is 6.21. The van der Waals surface area contributed by atoms with Crippen LogP contribution in [0.3, 0.4) is 0 Å². The van der Waals surface area contributed by atoms with E-state index < -0.39 is 11.2 Å². The number of nitrogens with one attached hydrogen (secondary N) is 1. The van der Waals surface area contributed by atoms with Crippen LogP contribution in [-0.4, -0.2) is 9.55 Å². The molecule has 1 N–H and O–H groups in total. The maximum absolute atomic E-state index is 11.1. The summed E-state index contributed by atoms with van der Waals surface area (Å²) in [7, 11) is 0. The summed E-state index contributed by atoms with van der Waals surface area (Å²) in [6.07, 6.45) is 2.62. The molecule has 1 aromatic rings. The molecule has 1 heterocycles. The number of nitrogens with zero attached hydrogens (tertiary/aromatic N) is 1. The molecule has 0 atom stereocenters. The van der Waals surface area contributed by atoms with Gasteiger partial charge in [-0.15, -0.1) is 6.58 Å². The van der Waals surface area contributed by atoms with Crippen molar-refractivity contribution in [3.63, 3.8) is 0 Å². The third kappa shape index (κ3) is 1.48. The molecule has 0 aliphatic rings. The Balaban J connectivity index is 3.43. The maximum Gasteiger partial charge on any atom is 0.328 e. The smallest absolute Gasteiger partial charge is 0.312 e. The van der Waals surface area contributed by atoms with Crippen molar-refractivity contribution in [2.75, 3.05) is 0 Å². The Morgan fingerprint density at radius 1 is 1.67 bits per heavy atom. The highest BCUT2D eigenvalue weighted by atomic mass is 35.5. The zero-order valence-corrected chi connectivity index (χ0v) is 6.97. The molecule has 0 saturated heterocycles. The first-order valence-electron chi connectivity index (χ1n) is 3.25. The number of halogens is 1. The summed E-state index contributed by atoms with van der Waals surface area (Å²) in [5.74, 6) is 0. The molecular weight excluding hydrogens is 180 g/mol. The Labute approximate surface area is 73.1 Å². The predicted molar refractivity (Wildman–Crippen MR) is 46.5 cm³/mol. The van der Waals surface area contributed by atoms with Crippen LogP contribution in [0.1, 0.15) is 0 Å². The third-order valence-corrected chi connectivity index (χ3v) is 1.60. The summed E-state index contributed by atoms with van der Waals surface area (Å²) < 4.78 is 0.968. The van der Waals surface area contributed by atoms with Crippen LogP contribution in [0, 0.1) is 0 Å². The van der Waals surface area contributed by atoms with Crippen molar-refractivity contribution in [3.05, 3.63) is 44.7 Å². The highest BCUT2D eigenvalue weighted by Gasteiger charge is 2.02. The maximum atomic E-state index is 11.1. The van der Waals surface area contributed by atoms with E-state index in [1.165, 1.54) is 12.3 Å². The first kappa shape index (κ1) is 8.80. The Morgan fingerprint density at radius 3 is 2.92 bits per heavy atom. The number of aromatic amines is 1. The van der Waals surface area contributed by atoms with Crippen molar-refractivity contribution in [1.29, 1.82) is 0 Å². The summed E-state index contributed by atoms with van der Waals surface area (Å²) in [6, 6.07) is 0. The fourth-order valence-electron chi connectivity index (χ4n) is 0.781. The Morgan fingerprint density at radius 2 is 2.33 bits per heavy atom. The SMILES string of the molecule is C=CCn1c(=O)[nH]cc(Cl)c1=O. The first-order valence-corrected chi connectivity index (χ1v) is 3.63. The van der Waals surface area contributed by atoms with E-state index in [1.807, 2.05) is 0 Å². The first-order chi connectivity index (χ1) is 5.66. The van der Waals surface area contributed by atoms with Crippen molar-refractivity contribution in [2.24, 2.45) is 0 Å². The molecule has 0 radical (unpaired) electrons. The molecule has 0 amide bonds. The molecule has 0 aliphatic carbocycles. The number of hydrogen-bond acceptors (Lipinski definition) is 2. The van der Waals surface area contributed by atoms with Gasteiger partial charge in [0.25, 0.3) is 5.56 Å². The van der Waals surface area contributed by atoms with Crippen molar-refractivity contribution in [2.45, 2.75) is 6.54 Å². The third-order valence-electron chi connectivity index (χ3n) is 1.33. The van der Waals surface area contributed by atoms with Crippen molar-refractivity contribution in [1.82, 2.24) is 9.55 Å². The molecule has 0 unspecified atom stereocenters. The molecule has 0 fully saturated rings. The minimum absolute atomic E-state index is 0.00329. The van der Waals surface area contributed by atoms with Crippen LogP contribution >= 0.6 is 11.6 Å². The minimum atomic E-state index is -0.500. The topological polar surface area (TPSA) is 54.9 Å². The lowest BCUT2D eigenvalue weighted by atomic mass is 10.5. The van der Waals surface area contributed by atoms with Crippen LogP contribution in [0.4, 0.5) is 0 Å². The van der Waals surface area contributed by atoms with Gasteiger partial charge in [0.05, 0.1) is 0 Å². The van der Waals surface area contributed by atoms with E-state index in [1.54, 1.807) is 0 Å². The summed E-state index contributed by atoms with van der Waals surface area (Å²) in [5.41, 5.74) is -0.982. The van der Waals surface area contributed by atoms with Crippen molar-refractivity contribution in [3.8, 4) is 0 Å². The molecule has 5 heteroatoms. The predicted octanol–water partition coefficient (Wildman–Crippen LogP) is 0.376. The average Bonchev–Trinajstić information content (AvgIpc) is 2.06. The van der Waals surface area contributed by atoms with E-state index in [0.29, 0.717) is 0 Å². The largest absolute Gasteiger partial charge is 0.328 e. The summed E-state index contributed by atoms with van der Waals surface area (Å²) in [4.78, 5) is 24.4. The quantitative estimate of drug-likeness (QED) is 0.679. The van der Waals surface area contributed by atoms with Gasteiger partial charge < -0.3 is 4.98 Å². The highest BCUT2D eigenvalue weighted by Crippen LogP contribution is 1.93. The van der Waals surface area contributed by atoms with Gasteiger partial charge in [-0.2, -0.15) is 0 Å². The second-order valence-corrected chi connectivity index (χ2v) is 2.55. The number of H-pyrrole nitrogens is 1. The lowest BCUT2D eigenvalue weighted by molar-refractivity contribution is 0.715. The van der Waals surface area contributed by atoms with E-state index in [0.717, 1.165) is 4.57 Å². The Kier molecular flexibility index (Phi) is 2.50. The zero-order chi connectivity index (χ0) is 9.14. The molecular formula is C7H7ClN2O2. The highest BCUT2D eigenvalue weighted by molar-refractivity contribution is 6.30. The Hall–Kier alpha value is -1.29. The summed E-state index contributed by atoms with van der Waals surface area (Å²) >= 11 is 5.48. The molecule has 0 bridgehead atoms. The van der Waals surface area contributed by atoms with Crippen LogP contribution in [0.15, 0.2) is 28.4 Å². The molecule has 12 heavy (non-hydrogen) atoms. The second kappa shape index (κ2) is 3.40.